The van der Waals surface area contributed by atoms with Crippen LogP contribution in [0, 0.1) is 12.7 Å². The summed E-state index contributed by atoms with van der Waals surface area (Å²) in [5.41, 5.74) is 4.01. The molecule has 70 valence electrons. The Morgan fingerprint density at radius 2 is 1.92 bits per heavy atom. The van der Waals surface area contributed by atoms with Crippen molar-refractivity contribution >= 4 is 30.5 Å². The van der Waals surface area contributed by atoms with Crippen molar-refractivity contribution in [1.82, 2.24) is 0 Å². The van der Waals surface area contributed by atoms with Crippen LogP contribution in [0.25, 0.3) is 0 Å². The highest BCUT2D eigenvalue weighted by Crippen LogP contribution is 2.13. The quantitative estimate of drug-likeness (QED) is 0.554. The highest BCUT2D eigenvalue weighted by Gasteiger charge is 1.95. The van der Waals surface area contributed by atoms with E-state index in [4.69, 9.17) is 5.84 Å². The zero-order chi connectivity index (χ0) is 7.56. The van der Waals surface area contributed by atoms with Crippen LogP contribution >= 0.6 is 24.8 Å². The molecule has 1 aromatic carbocycles. The van der Waals surface area contributed by atoms with E-state index in [0.29, 0.717) is 0 Å². The minimum absolute atomic E-state index is 0. The molecule has 0 aliphatic heterocycles. The molecule has 0 amide bonds. The fourth-order valence-electron chi connectivity index (χ4n) is 0.789. The Labute approximate surface area is 83.1 Å². The van der Waals surface area contributed by atoms with E-state index in [2.05, 4.69) is 5.43 Å². The average Bonchev–Trinajstić information content (AvgIpc) is 1.88. The molecule has 2 nitrogen and oxygen atoms in total. The molecule has 0 aliphatic carbocycles. The van der Waals surface area contributed by atoms with Crippen LogP contribution in [0.15, 0.2) is 18.2 Å². The molecule has 0 heterocycles. The minimum Gasteiger partial charge on any atom is -0.324 e. The number of anilines is 1. The molecule has 0 spiro atoms. The van der Waals surface area contributed by atoms with Crippen LogP contribution in [0.3, 0.4) is 0 Å². The lowest BCUT2D eigenvalue weighted by molar-refractivity contribution is 0.627. The van der Waals surface area contributed by atoms with Crippen molar-refractivity contribution < 1.29 is 4.39 Å². The second-order valence-electron chi connectivity index (χ2n) is 2.10. The first-order valence-electron chi connectivity index (χ1n) is 2.97. The summed E-state index contributed by atoms with van der Waals surface area (Å²) < 4.78 is 12.4. The highest BCUT2D eigenvalue weighted by molar-refractivity contribution is 5.85. The fraction of sp³-hybridized carbons (Fsp3) is 0.143. The number of rotatable bonds is 1. The van der Waals surface area contributed by atoms with Gasteiger partial charge in [-0.1, -0.05) is 0 Å². The maximum atomic E-state index is 12.4. The topological polar surface area (TPSA) is 38.0 Å². The van der Waals surface area contributed by atoms with E-state index in [0.717, 1.165) is 11.3 Å². The Hall–Kier alpha value is -0.510. The van der Waals surface area contributed by atoms with Crippen molar-refractivity contribution in [3.63, 3.8) is 0 Å². The summed E-state index contributed by atoms with van der Waals surface area (Å²) >= 11 is 0. The lowest BCUT2D eigenvalue weighted by Gasteiger charge is -2.02. The van der Waals surface area contributed by atoms with Crippen LogP contribution in [0.2, 0.25) is 0 Å². The Morgan fingerprint density at radius 1 is 1.33 bits per heavy atom. The highest BCUT2D eigenvalue weighted by atomic mass is 35.5. The Kier molecular flexibility index (Phi) is 7.09. The monoisotopic (exact) mass is 212 g/mol. The zero-order valence-electron chi connectivity index (χ0n) is 6.50. The molecule has 0 atom stereocenters. The van der Waals surface area contributed by atoms with Crippen LogP contribution in [-0.2, 0) is 0 Å². The fourth-order valence-corrected chi connectivity index (χ4v) is 0.789. The van der Waals surface area contributed by atoms with Crippen LogP contribution in [0.5, 0.6) is 0 Å². The van der Waals surface area contributed by atoms with Crippen LogP contribution in [-0.4, -0.2) is 0 Å². The summed E-state index contributed by atoms with van der Waals surface area (Å²) in [4.78, 5) is 0. The van der Waals surface area contributed by atoms with Crippen molar-refractivity contribution in [2.24, 2.45) is 5.84 Å². The smallest absolute Gasteiger partial charge is 0.123 e. The summed E-state index contributed by atoms with van der Waals surface area (Å²) in [5, 5.41) is 0. The first kappa shape index (κ1) is 14.0. The SMILES string of the molecule is Cc1cc(F)ccc1NN.Cl.Cl. The van der Waals surface area contributed by atoms with Crippen LogP contribution in [0.4, 0.5) is 10.1 Å². The molecule has 5 heteroatoms. The summed E-state index contributed by atoms with van der Waals surface area (Å²) in [6.45, 7) is 1.79. The molecule has 0 saturated carbocycles. The first-order chi connectivity index (χ1) is 4.74. The number of hydrazine groups is 1. The molecule has 1 aromatic rings. The van der Waals surface area contributed by atoms with Crippen molar-refractivity contribution in [3.05, 3.63) is 29.6 Å². The van der Waals surface area contributed by atoms with Gasteiger partial charge < -0.3 is 5.43 Å². The molecular weight excluding hydrogens is 202 g/mol. The first-order valence-corrected chi connectivity index (χ1v) is 2.97. The Morgan fingerprint density at radius 3 is 2.33 bits per heavy atom. The van der Waals surface area contributed by atoms with E-state index in [1.807, 2.05) is 0 Å². The predicted octanol–water partition coefficient (Wildman–Crippen LogP) is 2.26. The van der Waals surface area contributed by atoms with Crippen LogP contribution < -0.4 is 11.3 Å². The maximum absolute atomic E-state index is 12.4. The van der Waals surface area contributed by atoms with Crippen molar-refractivity contribution in [3.8, 4) is 0 Å². The molecule has 3 N–H and O–H groups in total. The minimum atomic E-state index is -0.239. The van der Waals surface area contributed by atoms with Gasteiger partial charge in [-0.25, -0.2) is 4.39 Å². The second kappa shape index (κ2) is 6.06. The molecule has 0 unspecified atom stereocenters. The van der Waals surface area contributed by atoms with Crippen molar-refractivity contribution in [2.75, 3.05) is 5.43 Å². The summed E-state index contributed by atoms with van der Waals surface area (Å²) in [6.07, 6.45) is 0. The molecule has 0 saturated heterocycles. The van der Waals surface area contributed by atoms with Crippen LogP contribution in [0.1, 0.15) is 5.56 Å². The number of halogens is 3. The number of aryl methyl sites for hydroxylation is 1. The summed E-state index contributed by atoms with van der Waals surface area (Å²) in [7, 11) is 0. The van der Waals surface area contributed by atoms with Crippen molar-refractivity contribution in [2.45, 2.75) is 6.92 Å². The summed E-state index contributed by atoms with van der Waals surface area (Å²) in [5.74, 6) is 4.89. The van der Waals surface area contributed by atoms with E-state index >= 15 is 0 Å². The van der Waals surface area contributed by atoms with E-state index in [1.54, 1.807) is 13.0 Å². The van der Waals surface area contributed by atoms with Gasteiger partial charge >= 0.3 is 0 Å². The molecule has 0 fully saturated rings. The number of hydrogen-bond acceptors (Lipinski definition) is 2. The predicted molar refractivity (Wildman–Crippen MR) is 53.4 cm³/mol. The number of nitrogens with two attached hydrogens (primary N) is 1. The van der Waals surface area contributed by atoms with Gasteiger partial charge in [-0.2, -0.15) is 0 Å². The Bertz CT molecular complexity index is 243. The van der Waals surface area contributed by atoms with Gasteiger partial charge in [0.1, 0.15) is 5.82 Å². The van der Waals surface area contributed by atoms with E-state index < -0.39 is 0 Å². The number of nitrogen functional groups attached to an aromatic ring is 1. The molecule has 0 bridgehead atoms. The third-order valence-electron chi connectivity index (χ3n) is 1.34. The van der Waals surface area contributed by atoms with Crippen molar-refractivity contribution in [1.29, 1.82) is 0 Å². The van der Waals surface area contributed by atoms with E-state index in [1.165, 1.54) is 12.1 Å². The lowest BCUT2D eigenvalue weighted by atomic mass is 10.2. The van der Waals surface area contributed by atoms with Gasteiger partial charge in [-0.05, 0) is 30.7 Å². The van der Waals surface area contributed by atoms with Gasteiger partial charge in [-0.3, -0.25) is 5.84 Å². The van der Waals surface area contributed by atoms with Gasteiger partial charge in [0.25, 0.3) is 0 Å². The van der Waals surface area contributed by atoms with E-state index in [9.17, 15) is 4.39 Å². The maximum Gasteiger partial charge on any atom is 0.123 e. The molecule has 0 radical (unpaired) electrons. The Balaban J connectivity index is 0. The average molecular weight is 213 g/mol. The largest absolute Gasteiger partial charge is 0.324 e. The molecule has 0 aromatic heterocycles. The molecule has 12 heavy (non-hydrogen) atoms. The summed E-state index contributed by atoms with van der Waals surface area (Å²) in [6, 6.07) is 4.39. The number of hydrogen-bond donors (Lipinski definition) is 2. The molecular formula is C7H11Cl2FN2. The standard InChI is InChI=1S/C7H9FN2.2ClH/c1-5-4-6(8)2-3-7(5)10-9;;/h2-4,10H,9H2,1H3;2*1H. The van der Waals surface area contributed by atoms with E-state index in [-0.39, 0.29) is 30.6 Å². The number of nitrogens with one attached hydrogen (secondary N) is 1. The second-order valence-corrected chi connectivity index (χ2v) is 2.10. The van der Waals surface area contributed by atoms with Gasteiger partial charge in [0, 0.05) is 0 Å². The van der Waals surface area contributed by atoms with Gasteiger partial charge in [0.15, 0.2) is 0 Å². The van der Waals surface area contributed by atoms with Gasteiger partial charge in [0.05, 0.1) is 5.69 Å². The third-order valence-corrected chi connectivity index (χ3v) is 1.34. The third kappa shape index (κ3) is 3.26. The number of benzene rings is 1. The normalized spacial score (nSPS) is 7.92. The van der Waals surface area contributed by atoms with Gasteiger partial charge in [-0.15, -0.1) is 24.8 Å². The molecule has 0 aliphatic rings. The zero-order valence-corrected chi connectivity index (χ0v) is 8.14. The molecule has 1 rings (SSSR count). The van der Waals surface area contributed by atoms with Gasteiger partial charge in [0.2, 0.25) is 0 Å². The lowest BCUT2D eigenvalue weighted by Crippen LogP contribution is -2.07.